The molecule has 0 unspecified atom stereocenters. The molecule has 21 heavy (non-hydrogen) atoms. The molecule has 2 rings (SSSR count). The topological polar surface area (TPSA) is 32.7 Å². The Morgan fingerprint density at radius 1 is 1.43 bits per heavy atom. The van der Waals surface area contributed by atoms with Gasteiger partial charge in [0.15, 0.2) is 0 Å². The fourth-order valence-corrected chi connectivity index (χ4v) is 2.49. The van der Waals surface area contributed by atoms with Crippen molar-refractivity contribution in [3.8, 4) is 0 Å². The molecule has 1 amide bonds. The van der Waals surface area contributed by atoms with E-state index in [0.29, 0.717) is 10.6 Å². The monoisotopic (exact) mass is 302 g/mol. The van der Waals surface area contributed by atoms with Gasteiger partial charge < -0.3 is 4.90 Å². The summed E-state index contributed by atoms with van der Waals surface area (Å²) in [6.07, 6.45) is 7.19. The highest BCUT2D eigenvalue weighted by molar-refractivity contribution is 6.31. The van der Waals surface area contributed by atoms with Gasteiger partial charge in [-0.25, -0.2) is 0 Å². The summed E-state index contributed by atoms with van der Waals surface area (Å²) in [5, 5.41) is 0.573. The highest BCUT2D eigenvalue weighted by atomic mass is 35.5. The Bertz CT molecular complexity index is 644. The summed E-state index contributed by atoms with van der Waals surface area (Å²) in [4.78, 5) is 18.6. The van der Waals surface area contributed by atoms with Gasteiger partial charge in [0.25, 0.3) is 5.91 Å². The lowest BCUT2D eigenvalue weighted by atomic mass is 10.0. The van der Waals surface area contributed by atoms with Crippen molar-refractivity contribution in [2.75, 3.05) is 7.05 Å². The number of carbonyl (C=O) groups excluding carboxylic acids is 1. The summed E-state index contributed by atoms with van der Waals surface area (Å²) in [6, 6.07) is 5.46. The predicted molar refractivity (Wildman–Crippen MR) is 87.9 cm³/mol. The molecule has 0 spiro atoms. The number of amides is 1. The average Bonchev–Trinajstić information content (AvgIpc) is 2.70. The van der Waals surface area contributed by atoms with Crippen molar-refractivity contribution in [1.29, 1.82) is 0 Å². The molecule has 1 aliphatic heterocycles. The first-order valence-corrected chi connectivity index (χ1v) is 7.37. The van der Waals surface area contributed by atoms with Gasteiger partial charge >= 0.3 is 0 Å². The number of nitrogens with zero attached hydrogens (tertiary/aromatic N) is 2. The number of aryl methyl sites for hydroxylation is 1. The van der Waals surface area contributed by atoms with E-state index in [1.54, 1.807) is 24.2 Å². The minimum Gasteiger partial charge on any atom is -0.310 e. The van der Waals surface area contributed by atoms with Gasteiger partial charge in [0.05, 0.1) is 11.9 Å². The van der Waals surface area contributed by atoms with E-state index in [2.05, 4.69) is 11.1 Å². The fourth-order valence-electron chi connectivity index (χ4n) is 2.32. The Morgan fingerprint density at radius 2 is 2.19 bits per heavy atom. The van der Waals surface area contributed by atoms with E-state index in [9.17, 15) is 4.79 Å². The van der Waals surface area contributed by atoms with Crippen LogP contribution in [0.4, 0.5) is 0 Å². The molecule has 1 aromatic carbocycles. The van der Waals surface area contributed by atoms with Crippen molar-refractivity contribution >= 4 is 23.7 Å². The highest BCUT2D eigenvalue weighted by Crippen LogP contribution is 2.23. The Hall–Kier alpha value is -1.87. The lowest BCUT2D eigenvalue weighted by molar-refractivity contribution is 0.0837. The summed E-state index contributed by atoms with van der Waals surface area (Å²) < 4.78 is 0. The van der Waals surface area contributed by atoms with E-state index in [1.165, 1.54) is 0 Å². The van der Waals surface area contributed by atoms with Crippen LogP contribution in [0, 0.1) is 0 Å². The zero-order valence-corrected chi connectivity index (χ0v) is 13.3. The number of aliphatic imine (C=N–C) groups is 1. The van der Waals surface area contributed by atoms with Crippen LogP contribution < -0.4 is 0 Å². The van der Waals surface area contributed by atoms with Crippen LogP contribution in [0.3, 0.4) is 0 Å². The van der Waals surface area contributed by atoms with Crippen LogP contribution in [-0.2, 0) is 6.42 Å². The van der Waals surface area contributed by atoms with Crippen LogP contribution in [0.25, 0.3) is 0 Å². The first kappa shape index (κ1) is 15.5. The molecular formula is C17H19ClN2O. The van der Waals surface area contributed by atoms with Gasteiger partial charge in [0.2, 0.25) is 0 Å². The smallest absolute Gasteiger partial charge is 0.258 e. The molecule has 0 N–H and O–H groups in total. The summed E-state index contributed by atoms with van der Waals surface area (Å²) in [5.74, 6) is -0.0644. The Kier molecular flexibility index (Phi) is 4.97. The highest BCUT2D eigenvalue weighted by Gasteiger charge is 2.20. The van der Waals surface area contributed by atoms with E-state index in [0.717, 1.165) is 29.7 Å². The van der Waals surface area contributed by atoms with Crippen LogP contribution in [0.1, 0.15) is 36.2 Å². The number of hydrogen-bond donors (Lipinski definition) is 0. The third kappa shape index (κ3) is 3.42. The molecule has 0 radical (unpaired) electrons. The van der Waals surface area contributed by atoms with Gasteiger partial charge in [-0.2, -0.15) is 0 Å². The third-order valence-corrected chi connectivity index (χ3v) is 3.82. The molecule has 0 aromatic heterocycles. The second kappa shape index (κ2) is 6.72. The quantitative estimate of drug-likeness (QED) is 0.822. The number of allylic oxidation sites excluding steroid dienone is 2. The molecule has 0 fully saturated rings. The molecular weight excluding hydrogens is 284 g/mol. The van der Waals surface area contributed by atoms with Crippen molar-refractivity contribution in [2.45, 2.75) is 26.7 Å². The molecule has 1 aromatic rings. The number of hydrogen-bond acceptors (Lipinski definition) is 2. The zero-order valence-electron chi connectivity index (χ0n) is 12.6. The van der Waals surface area contributed by atoms with Crippen LogP contribution in [0.5, 0.6) is 0 Å². The van der Waals surface area contributed by atoms with Gasteiger partial charge in [0.1, 0.15) is 0 Å². The maximum absolute atomic E-state index is 12.8. The second-order valence-electron chi connectivity index (χ2n) is 4.99. The number of halogens is 1. The van der Waals surface area contributed by atoms with Gasteiger partial charge in [-0.05, 0) is 36.6 Å². The average molecular weight is 303 g/mol. The molecule has 3 nitrogen and oxygen atoms in total. The second-order valence-corrected chi connectivity index (χ2v) is 5.42. The summed E-state index contributed by atoms with van der Waals surface area (Å²) >= 11 is 6.04. The molecule has 4 heteroatoms. The molecule has 0 atom stereocenters. The molecule has 0 saturated carbocycles. The van der Waals surface area contributed by atoms with Crippen LogP contribution >= 0.6 is 11.6 Å². The number of rotatable bonds is 3. The van der Waals surface area contributed by atoms with Crippen molar-refractivity contribution in [2.24, 2.45) is 4.99 Å². The van der Waals surface area contributed by atoms with E-state index in [1.807, 2.05) is 32.2 Å². The first-order valence-electron chi connectivity index (χ1n) is 7.00. The molecule has 0 saturated heterocycles. The van der Waals surface area contributed by atoms with Crippen LogP contribution in [0.2, 0.25) is 5.02 Å². The maximum atomic E-state index is 12.8. The lowest BCUT2D eigenvalue weighted by Gasteiger charge is -2.22. The summed E-state index contributed by atoms with van der Waals surface area (Å²) in [6.45, 7) is 4.02. The minimum absolute atomic E-state index is 0.0644. The fraction of sp³-hybridized carbons (Fsp3) is 0.294. The normalized spacial score (nSPS) is 14.3. The first-order chi connectivity index (χ1) is 10.0. The lowest BCUT2D eigenvalue weighted by Crippen LogP contribution is -2.27. The van der Waals surface area contributed by atoms with E-state index in [4.69, 9.17) is 11.6 Å². The number of carbonyl (C=O) groups is 1. The molecule has 1 aliphatic rings. The molecule has 110 valence electrons. The van der Waals surface area contributed by atoms with Gasteiger partial charge in [-0.15, -0.1) is 0 Å². The summed E-state index contributed by atoms with van der Waals surface area (Å²) in [5.41, 5.74) is 3.50. The maximum Gasteiger partial charge on any atom is 0.258 e. The van der Waals surface area contributed by atoms with Crippen LogP contribution in [-0.4, -0.2) is 24.1 Å². The van der Waals surface area contributed by atoms with E-state index in [-0.39, 0.29) is 5.91 Å². The minimum atomic E-state index is -0.0644. The van der Waals surface area contributed by atoms with Crippen molar-refractivity contribution in [3.63, 3.8) is 0 Å². The van der Waals surface area contributed by atoms with Crippen molar-refractivity contribution in [1.82, 2.24) is 4.90 Å². The van der Waals surface area contributed by atoms with Crippen LogP contribution in [0.15, 0.2) is 46.7 Å². The largest absolute Gasteiger partial charge is 0.310 e. The van der Waals surface area contributed by atoms with Crippen molar-refractivity contribution in [3.05, 3.63) is 57.9 Å². The third-order valence-electron chi connectivity index (χ3n) is 3.58. The van der Waals surface area contributed by atoms with E-state index < -0.39 is 0 Å². The SMILES string of the molecule is CCc1ccc(Cl)cc1C(=O)N(C)C1=CN=CCC=C1C. The molecule has 0 bridgehead atoms. The molecule has 0 aliphatic carbocycles. The van der Waals surface area contributed by atoms with Crippen molar-refractivity contribution < 1.29 is 4.79 Å². The van der Waals surface area contributed by atoms with E-state index >= 15 is 0 Å². The van der Waals surface area contributed by atoms with Gasteiger partial charge in [0, 0.05) is 30.3 Å². The predicted octanol–water partition coefficient (Wildman–Crippen LogP) is 4.24. The summed E-state index contributed by atoms with van der Waals surface area (Å²) in [7, 11) is 1.77. The number of likely N-dealkylation sites (N-methyl/N-ethyl adjacent to an activating group) is 1. The number of benzene rings is 1. The molecule has 1 heterocycles. The standard InChI is InChI=1S/C17H19ClN2O/c1-4-13-7-8-14(18)10-15(13)17(21)20(3)16-11-19-9-5-6-12(16)2/h6-11H,4-5H2,1-3H3. The zero-order chi connectivity index (χ0) is 15.4. The Labute approximate surface area is 130 Å². The van der Waals surface area contributed by atoms with Gasteiger partial charge in [-0.1, -0.05) is 30.7 Å². The van der Waals surface area contributed by atoms with Gasteiger partial charge in [-0.3, -0.25) is 9.79 Å². The Balaban J connectivity index is 2.38. The Morgan fingerprint density at radius 3 is 2.90 bits per heavy atom.